The lowest BCUT2D eigenvalue weighted by atomic mass is 10.0. The molecule has 2 heteroatoms. The lowest BCUT2D eigenvalue weighted by molar-refractivity contribution is 0.0975. The number of benzene rings is 1. The van der Waals surface area contributed by atoms with Gasteiger partial charge in [0.1, 0.15) is 0 Å². The summed E-state index contributed by atoms with van der Waals surface area (Å²) >= 11 is 1.70. The van der Waals surface area contributed by atoms with Crippen LogP contribution in [0.5, 0.6) is 0 Å². The van der Waals surface area contributed by atoms with Gasteiger partial charge in [0.15, 0.2) is 5.78 Å². The largest absolute Gasteiger partial charge is 0.294 e. The molecule has 1 aromatic rings. The first-order valence-electron chi connectivity index (χ1n) is 5.30. The molecule has 0 spiro atoms. The van der Waals surface area contributed by atoms with E-state index in [0.29, 0.717) is 12.3 Å². The van der Waals surface area contributed by atoms with Crippen molar-refractivity contribution in [3.63, 3.8) is 0 Å². The molecule has 0 unspecified atom stereocenters. The monoisotopic (exact) mass is 222 g/mol. The molecular weight excluding hydrogens is 204 g/mol. The standard InChI is InChI=1S/C13H18OS/c1-10(2)4-9-13(14)11-5-7-12(15-3)8-6-11/h5-8,10H,4,9H2,1-3H3. The summed E-state index contributed by atoms with van der Waals surface area (Å²) in [5.74, 6) is 0.857. The molecule has 1 aromatic carbocycles. The number of hydrogen-bond acceptors (Lipinski definition) is 2. The number of ketones is 1. The van der Waals surface area contributed by atoms with Crippen LogP contribution in [-0.2, 0) is 0 Å². The van der Waals surface area contributed by atoms with Gasteiger partial charge in [-0.1, -0.05) is 26.0 Å². The predicted octanol–water partition coefficient (Wildman–Crippen LogP) is 4.03. The fourth-order valence-electron chi connectivity index (χ4n) is 1.34. The van der Waals surface area contributed by atoms with Gasteiger partial charge in [-0.05, 0) is 30.7 Å². The Hall–Kier alpha value is -0.760. The van der Waals surface area contributed by atoms with Crippen LogP contribution in [0.4, 0.5) is 0 Å². The molecule has 0 atom stereocenters. The van der Waals surface area contributed by atoms with E-state index in [0.717, 1.165) is 12.0 Å². The highest BCUT2D eigenvalue weighted by atomic mass is 32.2. The number of hydrogen-bond donors (Lipinski definition) is 0. The molecule has 0 saturated carbocycles. The van der Waals surface area contributed by atoms with E-state index < -0.39 is 0 Å². The van der Waals surface area contributed by atoms with Crippen molar-refractivity contribution in [2.45, 2.75) is 31.6 Å². The molecular formula is C13H18OS. The molecule has 82 valence electrons. The first-order chi connectivity index (χ1) is 7.13. The summed E-state index contributed by atoms with van der Waals surface area (Å²) < 4.78 is 0. The van der Waals surface area contributed by atoms with Crippen LogP contribution in [0.25, 0.3) is 0 Å². The molecule has 0 aliphatic heterocycles. The number of carbonyl (C=O) groups is 1. The molecule has 0 saturated heterocycles. The Bertz CT molecular complexity index is 314. The lowest BCUT2D eigenvalue weighted by Gasteiger charge is -2.04. The van der Waals surface area contributed by atoms with Crippen LogP contribution in [-0.4, -0.2) is 12.0 Å². The Morgan fingerprint density at radius 3 is 2.33 bits per heavy atom. The minimum absolute atomic E-state index is 0.261. The minimum Gasteiger partial charge on any atom is -0.294 e. The van der Waals surface area contributed by atoms with Crippen LogP contribution in [0.3, 0.4) is 0 Å². The normalized spacial score (nSPS) is 10.7. The van der Waals surface area contributed by atoms with Crippen LogP contribution in [0, 0.1) is 5.92 Å². The van der Waals surface area contributed by atoms with Crippen molar-refractivity contribution in [2.75, 3.05) is 6.26 Å². The van der Waals surface area contributed by atoms with Crippen molar-refractivity contribution in [2.24, 2.45) is 5.92 Å². The smallest absolute Gasteiger partial charge is 0.162 e. The van der Waals surface area contributed by atoms with Gasteiger partial charge < -0.3 is 0 Å². The van der Waals surface area contributed by atoms with E-state index >= 15 is 0 Å². The maximum atomic E-state index is 11.7. The van der Waals surface area contributed by atoms with E-state index in [1.807, 2.05) is 30.5 Å². The Morgan fingerprint density at radius 1 is 1.27 bits per heavy atom. The second-order valence-corrected chi connectivity index (χ2v) is 4.96. The minimum atomic E-state index is 0.261. The maximum Gasteiger partial charge on any atom is 0.162 e. The van der Waals surface area contributed by atoms with Crippen molar-refractivity contribution in [3.8, 4) is 0 Å². The van der Waals surface area contributed by atoms with Gasteiger partial charge in [-0.3, -0.25) is 4.79 Å². The fourth-order valence-corrected chi connectivity index (χ4v) is 1.75. The summed E-state index contributed by atoms with van der Waals surface area (Å²) in [6.45, 7) is 4.29. The van der Waals surface area contributed by atoms with Gasteiger partial charge in [0.2, 0.25) is 0 Å². The van der Waals surface area contributed by atoms with E-state index in [4.69, 9.17) is 0 Å². The summed E-state index contributed by atoms with van der Waals surface area (Å²) in [5, 5.41) is 0. The van der Waals surface area contributed by atoms with Crippen molar-refractivity contribution in [1.82, 2.24) is 0 Å². The molecule has 0 amide bonds. The third-order valence-corrected chi connectivity index (χ3v) is 3.10. The van der Waals surface area contributed by atoms with Crippen molar-refractivity contribution < 1.29 is 4.79 Å². The van der Waals surface area contributed by atoms with E-state index in [-0.39, 0.29) is 5.78 Å². The Labute approximate surface area is 96.3 Å². The first kappa shape index (κ1) is 12.3. The number of thioether (sulfide) groups is 1. The molecule has 0 aliphatic rings. The van der Waals surface area contributed by atoms with Gasteiger partial charge in [-0.15, -0.1) is 11.8 Å². The molecule has 1 rings (SSSR count). The van der Waals surface area contributed by atoms with Crippen LogP contribution < -0.4 is 0 Å². The molecule has 0 heterocycles. The second kappa shape index (κ2) is 5.96. The van der Waals surface area contributed by atoms with Crippen molar-refractivity contribution in [1.29, 1.82) is 0 Å². The van der Waals surface area contributed by atoms with Crippen LogP contribution in [0.15, 0.2) is 29.2 Å². The zero-order valence-corrected chi connectivity index (χ0v) is 10.4. The van der Waals surface area contributed by atoms with Gasteiger partial charge in [-0.2, -0.15) is 0 Å². The number of rotatable bonds is 5. The summed E-state index contributed by atoms with van der Waals surface area (Å²) in [5.41, 5.74) is 0.841. The summed E-state index contributed by atoms with van der Waals surface area (Å²) in [6, 6.07) is 7.86. The quantitative estimate of drug-likeness (QED) is 0.552. The van der Waals surface area contributed by atoms with Gasteiger partial charge in [0, 0.05) is 16.9 Å². The van der Waals surface area contributed by atoms with Gasteiger partial charge in [0.05, 0.1) is 0 Å². The van der Waals surface area contributed by atoms with Gasteiger partial charge >= 0.3 is 0 Å². The summed E-state index contributed by atoms with van der Waals surface area (Å²) in [7, 11) is 0. The number of Topliss-reactive ketones (excluding diaryl/α,β-unsaturated/α-hetero) is 1. The molecule has 0 aliphatic carbocycles. The highest BCUT2D eigenvalue weighted by Gasteiger charge is 2.06. The highest BCUT2D eigenvalue weighted by molar-refractivity contribution is 7.98. The lowest BCUT2D eigenvalue weighted by Crippen LogP contribution is -2.00. The zero-order valence-electron chi connectivity index (χ0n) is 9.62. The average molecular weight is 222 g/mol. The third-order valence-electron chi connectivity index (χ3n) is 2.36. The Balaban J connectivity index is 2.58. The van der Waals surface area contributed by atoms with E-state index in [1.165, 1.54) is 4.90 Å². The summed E-state index contributed by atoms with van der Waals surface area (Å²) in [6.07, 6.45) is 3.68. The summed E-state index contributed by atoms with van der Waals surface area (Å²) in [4.78, 5) is 12.9. The van der Waals surface area contributed by atoms with Crippen LogP contribution in [0.1, 0.15) is 37.0 Å². The molecule has 0 bridgehead atoms. The number of carbonyl (C=O) groups excluding carboxylic acids is 1. The third kappa shape index (κ3) is 4.08. The topological polar surface area (TPSA) is 17.1 Å². The molecule has 1 nitrogen and oxygen atoms in total. The van der Waals surface area contributed by atoms with Crippen LogP contribution in [0.2, 0.25) is 0 Å². The molecule has 0 N–H and O–H groups in total. The molecule has 0 aromatic heterocycles. The van der Waals surface area contributed by atoms with Crippen LogP contribution >= 0.6 is 11.8 Å². The maximum absolute atomic E-state index is 11.7. The Kier molecular flexibility index (Phi) is 4.89. The van der Waals surface area contributed by atoms with Crippen molar-refractivity contribution in [3.05, 3.63) is 29.8 Å². The van der Waals surface area contributed by atoms with E-state index in [1.54, 1.807) is 11.8 Å². The fraction of sp³-hybridized carbons (Fsp3) is 0.462. The molecule has 15 heavy (non-hydrogen) atoms. The molecule has 0 radical (unpaired) electrons. The average Bonchev–Trinajstić information content (AvgIpc) is 2.26. The zero-order chi connectivity index (χ0) is 11.3. The highest BCUT2D eigenvalue weighted by Crippen LogP contribution is 2.16. The first-order valence-corrected chi connectivity index (χ1v) is 6.53. The van der Waals surface area contributed by atoms with E-state index in [9.17, 15) is 4.79 Å². The van der Waals surface area contributed by atoms with Gasteiger partial charge in [0.25, 0.3) is 0 Å². The van der Waals surface area contributed by atoms with Gasteiger partial charge in [-0.25, -0.2) is 0 Å². The second-order valence-electron chi connectivity index (χ2n) is 4.08. The van der Waals surface area contributed by atoms with Crippen molar-refractivity contribution >= 4 is 17.5 Å². The predicted molar refractivity (Wildman–Crippen MR) is 66.6 cm³/mol. The Morgan fingerprint density at radius 2 is 1.87 bits per heavy atom. The van der Waals surface area contributed by atoms with E-state index in [2.05, 4.69) is 13.8 Å². The SMILES string of the molecule is CSc1ccc(C(=O)CCC(C)C)cc1. The molecule has 0 fully saturated rings.